The zero-order valence-corrected chi connectivity index (χ0v) is 19.0. The van der Waals surface area contributed by atoms with Gasteiger partial charge in [-0.05, 0) is 45.0 Å². The molecule has 31 heavy (non-hydrogen) atoms. The third-order valence-electron chi connectivity index (χ3n) is 3.78. The summed E-state index contributed by atoms with van der Waals surface area (Å²) >= 11 is 0. The van der Waals surface area contributed by atoms with E-state index in [-0.39, 0.29) is 10.9 Å². The molecule has 0 saturated carbocycles. The van der Waals surface area contributed by atoms with Crippen molar-refractivity contribution in [2.75, 3.05) is 5.75 Å². The van der Waals surface area contributed by atoms with Crippen molar-refractivity contribution in [2.45, 2.75) is 87.7 Å². The fourth-order valence-corrected chi connectivity index (χ4v) is 4.74. The Hall–Kier alpha value is -0.700. The summed E-state index contributed by atoms with van der Waals surface area (Å²) < 4.78 is 135. The quantitative estimate of drug-likeness (QED) is 0.229. The first kappa shape index (κ1) is 32.5. The van der Waals surface area contributed by atoms with Crippen molar-refractivity contribution in [3.05, 3.63) is 0 Å². The highest BCUT2D eigenvalue weighted by Crippen LogP contribution is 2.54. The van der Waals surface area contributed by atoms with Crippen LogP contribution in [0.5, 0.6) is 0 Å². The smallest absolute Gasteiger partial charge is 0.460 e. The minimum absolute atomic E-state index is 0.289. The SMILES string of the molecule is CCCCC(=O)C[S+](C(C)C)C(C)C.O=S(=O)([O-])C(F)(F)C(F)(F)C(F)(F)C(F)(F)F. The fraction of sp³-hybridized carbons (Fsp3) is 0.938. The molecule has 4 nitrogen and oxygen atoms in total. The van der Waals surface area contributed by atoms with Gasteiger partial charge in [0.1, 0.15) is 10.5 Å². The van der Waals surface area contributed by atoms with Crippen molar-refractivity contribution in [3.63, 3.8) is 0 Å². The molecule has 0 aromatic heterocycles. The Labute approximate surface area is 178 Å². The summed E-state index contributed by atoms with van der Waals surface area (Å²) in [6, 6.07) is 0. The van der Waals surface area contributed by atoms with Gasteiger partial charge >= 0.3 is 23.3 Å². The minimum Gasteiger partial charge on any atom is -0.743 e. The van der Waals surface area contributed by atoms with Gasteiger partial charge in [0, 0.05) is 6.42 Å². The van der Waals surface area contributed by atoms with Crippen LogP contribution < -0.4 is 0 Å². The van der Waals surface area contributed by atoms with E-state index >= 15 is 0 Å². The van der Waals surface area contributed by atoms with Crippen molar-refractivity contribution in [1.82, 2.24) is 0 Å². The van der Waals surface area contributed by atoms with Gasteiger partial charge in [0.05, 0.1) is 0 Å². The molecule has 0 spiro atoms. The predicted molar refractivity (Wildman–Crippen MR) is 97.6 cm³/mol. The summed E-state index contributed by atoms with van der Waals surface area (Å²) in [5.74, 6) is -13.5. The lowest BCUT2D eigenvalue weighted by Gasteiger charge is -2.34. The van der Waals surface area contributed by atoms with E-state index in [0.717, 1.165) is 25.0 Å². The van der Waals surface area contributed by atoms with E-state index in [1.54, 1.807) is 0 Å². The highest BCUT2D eigenvalue weighted by atomic mass is 32.2. The molecule has 0 rings (SSSR count). The molecule has 0 unspecified atom stereocenters. The van der Waals surface area contributed by atoms with Crippen LogP contribution in [0.3, 0.4) is 0 Å². The summed E-state index contributed by atoms with van der Waals surface area (Å²) in [7, 11) is -7.13. The molecule has 0 radical (unpaired) electrons. The van der Waals surface area contributed by atoms with E-state index in [4.69, 9.17) is 0 Å². The third kappa shape index (κ3) is 8.30. The Morgan fingerprint density at radius 3 is 1.52 bits per heavy atom. The van der Waals surface area contributed by atoms with Gasteiger partial charge in [0.25, 0.3) is 0 Å². The standard InChI is InChI=1S/C12H25OS.C4HF9O3S/c1-6-7-8-12(13)9-14(10(2)3)11(4)5;5-1(6,3(9,10)11)2(7,8)4(12,13)17(14,15)16/h10-11H,6-9H2,1-5H3;(H,14,15,16)/q+1;/p-1. The van der Waals surface area contributed by atoms with Crippen molar-refractivity contribution < 1.29 is 57.3 Å². The second kappa shape index (κ2) is 11.4. The molecule has 0 amide bonds. The highest BCUT2D eigenvalue weighted by molar-refractivity contribution is 7.98. The molecule has 188 valence electrons. The second-order valence-electron chi connectivity index (χ2n) is 6.97. The number of hydrogen-bond acceptors (Lipinski definition) is 4. The molecular formula is C16H25F9O4S2. The normalized spacial score (nSPS) is 14.1. The number of rotatable bonds is 10. The molecule has 0 fully saturated rings. The molecule has 0 atom stereocenters. The average molecular weight is 516 g/mol. The molecule has 0 saturated heterocycles. The number of unbranched alkanes of at least 4 members (excludes halogenated alkanes) is 1. The Balaban J connectivity index is 0. The monoisotopic (exact) mass is 516 g/mol. The lowest BCUT2D eigenvalue weighted by Crippen LogP contribution is -2.63. The number of ketones is 1. The third-order valence-corrected chi connectivity index (χ3v) is 7.74. The summed E-state index contributed by atoms with van der Waals surface area (Å²) in [4.78, 5) is 11.6. The Bertz CT molecular complexity index is 667. The van der Waals surface area contributed by atoms with Gasteiger partial charge in [-0.25, -0.2) is 8.42 Å². The van der Waals surface area contributed by atoms with Gasteiger partial charge in [0.2, 0.25) is 0 Å². The van der Waals surface area contributed by atoms with Crippen LogP contribution in [0.15, 0.2) is 0 Å². The van der Waals surface area contributed by atoms with Crippen LogP contribution in [0, 0.1) is 0 Å². The first-order chi connectivity index (χ1) is 13.5. The van der Waals surface area contributed by atoms with Crippen molar-refractivity contribution in [3.8, 4) is 0 Å². The van der Waals surface area contributed by atoms with E-state index in [2.05, 4.69) is 34.6 Å². The highest BCUT2D eigenvalue weighted by Gasteiger charge is 2.83. The van der Waals surface area contributed by atoms with Gasteiger partial charge in [-0.1, -0.05) is 13.3 Å². The largest absolute Gasteiger partial charge is 0.743 e. The molecule has 0 aromatic rings. The molecule has 0 aliphatic heterocycles. The first-order valence-electron chi connectivity index (χ1n) is 8.84. The van der Waals surface area contributed by atoms with E-state index in [1.807, 2.05) is 0 Å². The molecule has 0 aliphatic rings. The van der Waals surface area contributed by atoms with Crippen LogP contribution in [0.25, 0.3) is 0 Å². The zero-order valence-electron chi connectivity index (χ0n) is 17.3. The number of Topliss-reactive ketones (excluding diaryl/α,β-unsaturated/α-hetero) is 1. The predicted octanol–water partition coefficient (Wildman–Crippen LogP) is 5.14. The Morgan fingerprint density at radius 1 is 0.871 bits per heavy atom. The first-order valence-corrected chi connectivity index (χ1v) is 11.8. The minimum atomic E-state index is -7.43. The van der Waals surface area contributed by atoms with E-state index in [1.165, 1.54) is 0 Å². The maximum absolute atomic E-state index is 12.2. The Morgan fingerprint density at radius 2 is 1.26 bits per heavy atom. The molecule has 0 N–H and O–H groups in total. The maximum atomic E-state index is 12.2. The fourth-order valence-electron chi connectivity index (χ4n) is 2.03. The second-order valence-corrected chi connectivity index (χ2v) is 11.5. The van der Waals surface area contributed by atoms with Crippen molar-refractivity contribution in [2.24, 2.45) is 0 Å². The molecule has 0 bridgehead atoms. The van der Waals surface area contributed by atoms with Crippen LogP contribution in [0.2, 0.25) is 0 Å². The van der Waals surface area contributed by atoms with Crippen LogP contribution in [0.4, 0.5) is 39.5 Å². The number of carbonyl (C=O) groups excluding carboxylic acids is 1. The van der Waals surface area contributed by atoms with Crippen molar-refractivity contribution in [1.29, 1.82) is 0 Å². The zero-order chi connectivity index (χ0) is 25.6. The van der Waals surface area contributed by atoms with E-state index in [0.29, 0.717) is 16.3 Å². The van der Waals surface area contributed by atoms with Gasteiger partial charge in [0.15, 0.2) is 21.7 Å². The van der Waals surface area contributed by atoms with Crippen molar-refractivity contribution >= 4 is 26.8 Å². The molecule has 0 aliphatic carbocycles. The van der Waals surface area contributed by atoms with Gasteiger partial charge < -0.3 is 4.55 Å². The summed E-state index contributed by atoms with van der Waals surface area (Å²) in [5.41, 5.74) is 0. The average Bonchev–Trinajstić information content (AvgIpc) is 2.55. The molecule has 0 heterocycles. The number of alkyl halides is 9. The molecule has 0 aromatic carbocycles. The number of carbonyl (C=O) groups is 1. The van der Waals surface area contributed by atoms with E-state index < -0.39 is 33.4 Å². The van der Waals surface area contributed by atoms with Crippen LogP contribution in [0.1, 0.15) is 53.9 Å². The van der Waals surface area contributed by atoms with Gasteiger partial charge in [-0.2, -0.15) is 39.5 Å². The summed E-state index contributed by atoms with van der Waals surface area (Å²) in [6.07, 6.45) is -4.18. The maximum Gasteiger partial charge on any atom is 0.460 e. The molecular weight excluding hydrogens is 491 g/mol. The lowest BCUT2D eigenvalue weighted by molar-refractivity contribution is -0.382. The summed E-state index contributed by atoms with van der Waals surface area (Å²) in [6.45, 7) is 11.1. The van der Waals surface area contributed by atoms with Gasteiger partial charge in [-0.15, -0.1) is 0 Å². The summed E-state index contributed by atoms with van der Waals surface area (Å²) in [5, 5.41) is -5.81. The topological polar surface area (TPSA) is 74.3 Å². The van der Waals surface area contributed by atoms with Crippen LogP contribution in [-0.4, -0.2) is 58.3 Å². The van der Waals surface area contributed by atoms with E-state index in [9.17, 15) is 57.3 Å². The molecule has 15 heteroatoms. The lowest BCUT2D eigenvalue weighted by atomic mass is 10.1. The van der Waals surface area contributed by atoms with Crippen LogP contribution >= 0.6 is 0 Å². The number of hydrogen-bond donors (Lipinski definition) is 0. The van der Waals surface area contributed by atoms with Crippen LogP contribution in [-0.2, 0) is 25.8 Å². The Kier molecular flexibility index (Phi) is 12.0. The van der Waals surface area contributed by atoms with Gasteiger partial charge in [-0.3, -0.25) is 4.79 Å². The number of halogens is 9.